The summed E-state index contributed by atoms with van der Waals surface area (Å²) in [5.41, 5.74) is 3.09. The summed E-state index contributed by atoms with van der Waals surface area (Å²) in [5.74, 6) is 0.437. The fraction of sp³-hybridized carbons (Fsp3) is 0.133. The molecule has 3 aromatic rings. The number of urea groups is 1. The van der Waals surface area contributed by atoms with Crippen LogP contribution in [-0.2, 0) is 13.1 Å². The molecule has 1 aliphatic heterocycles. The van der Waals surface area contributed by atoms with E-state index in [-0.39, 0.29) is 6.03 Å². The Morgan fingerprint density at radius 2 is 1.71 bits per heavy atom. The van der Waals surface area contributed by atoms with Crippen LogP contribution >= 0.6 is 0 Å². The van der Waals surface area contributed by atoms with E-state index in [9.17, 15) is 4.79 Å². The van der Waals surface area contributed by atoms with E-state index in [4.69, 9.17) is 0 Å². The van der Waals surface area contributed by atoms with Crippen LogP contribution < -0.4 is 5.32 Å². The topological polar surface area (TPSA) is 62.5 Å². The molecule has 1 N–H and O–H groups in total. The molecule has 104 valence electrons. The Labute approximate surface area is 121 Å². The Bertz CT molecular complexity index is 801. The number of aromatic nitrogens is 3. The van der Waals surface area contributed by atoms with E-state index in [2.05, 4.69) is 27.6 Å². The van der Waals surface area contributed by atoms with Crippen LogP contribution in [-0.4, -0.2) is 25.5 Å². The third kappa shape index (κ3) is 2.01. The number of pyridine rings is 1. The summed E-state index contributed by atoms with van der Waals surface area (Å²) in [6, 6.07) is 13.5. The number of hydrogen-bond acceptors (Lipinski definition) is 3. The highest BCUT2D eigenvalue weighted by molar-refractivity contribution is 5.88. The normalized spacial score (nSPS) is 13.4. The lowest BCUT2D eigenvalue weighted by Gasteiger charge is -2.15. The third-order valence-electron chi connectivity index (χ3n) is 3.66. The highest BCUT2D eigenvalue weighted by atomic mass is 16.2. The van der Waals surface area contributed by atoms with Crippen LogP contribution in [0.2, 0.25) is 0 Å². The Hall–Kier alpha value is -2.89. The molecule has 21 heavy (non-hydrogen) atoms. The number of amides is 2. The number of anilines is 1. The van der Waals surface area contributed by atoms with Crippen LogP contribution in [0.3, 0.4) is 0 Å². The van der Waals surface area contributed by atoms with Crippen molar-refractivity contribution in [2.45, 2.75) is 13.1 Å². The van der Waals surface area contributed by atoms with E-state index >= 15 is 0 Å². The van der Waals surface area contributed by atoms with Gasteiger partial charge in [0.05, 0.1) is 0 Å². The van der Waals surface area contributed by atoms with Gasteiger partial charge in [0, 0.05) is 19.3 Å². The predicted octanol–water partition coefficient (Wildman–Crippen LogP) is 2.28. The van der Waals surface area contributed by atoms with Crippen LogP contribution in [0.4, 0.5) is 10.7 Å². The number of nitrogens with zero attached hydrogens (tertiary/aromatic N) is 4. The zero-order valence-electron chi connectivity index (χ0n) is 11.2. The second kappa shape index (κ2) is 4.59. The van der Waals surface area contributed by atoms with Gasteiger partial charge in [0.25, 0.3) is 0 Å². The largest absolute Gasteiger partial charge is 0.324 e. The first-order chi connectivity index (χ1) is 10.3. The van der Waals surface area contributed by atoms with Crippen molar-refractivity contribution in [1.82, 2.24) is 19.5 Å². The molecule has 2 aromatic heterocycles. The standard InChI is InChI=1S/C15H13N5O/c21-15(19-9-11-5-1-2-6-12(11)10-19)16-14-18-17-13-7-3-4-8-20(13)14/h1-8H,9-10H2,(H,16,18,21). The van der Waals surface area contributed by atoms with Crippen LogP contribution in [0.25, 0.3) is 5.65 Å². The second-order valence-electron chi connectivity index (χ2n) is 5.01. The van der Waals surface area contributed by atoms with Gasteiger partial charge in [-0.05, 0) is 23.3 Å². The van der Waals surface area contributed by atoms with Crippen molar-refractivity contribution in [3.63, 3.8) is 0 Å². The van der Waals surface area contributed by atoms with Crippen molar-refractivity contribution in [1.29, 1.82) is 0 Å². The predicted molar refractivity (Wildman–Crippen MR) is 77.7 cm³/mol. The van der Waals surface area contributed by atoms with Gasteiger partial charge in [0.15, 0.2) is 5.65 Å². The number of rotatable bonds is 1. The van der Waals surface area contributed by atoms with E-state index in [1.807, 2.05) is 36.5 Å². The molecule has 0 radical (unpaired) electrons. The minimum Gasteiger partial charge on any atom is -0.316 e. The van der Waals surface area contributed by atoms with Crippen molar-refractivity contribution in [2.75, 3.05) is 5.32 Å². The maximum Gasteiger partial charge on any atom is 0.324 e. The lowest BCUT2D eigenvalue weighted by atomic mass is 10.1. The molecule has 0 saturated carbocycles. The average Bonchev–Trinajstić information content (AvgIpc) is 3.11. The first-order valence-corrected chi connectivity index (χ1v) is 6.74. The molecule has 1 aromatic carbocycles. The van der Waals surface area contributed by atoms with E-state index < -0.39 is 0 Å². The molecule has 0 atom stereocenters. The molecular weight excluding hydrogens is 266 g/mol. The van der Waals surface area contributed by atoms with Gasteiger partial charge in [-0.3, -0.25) is 9.72 Å². The van der Waals surface area contributed by atoms with Gasteiger partial charge in [-0.25, -0.2) is 4.79 Å². The van der Waals surface area contributed by atoms with E-state index in [1.165, 1.54) is 11.1 Å². The van der Waals surface area contributed by atoms with E-state index in [1.54, 1.807) is 9.30 Å². The number of nitrogens with one attached hydrogen (secondary N) is 1. The highest BCUT2D eigenvalue weighted by Gasteiger charge is 2.23. The van der Waals surface area contributed by atoms with E-state index in [0.717, 1.165) is 0 Å². The summed E-state index contributed by atoms with van der Waals surface area (Å²) in [6.45, 7) is 1.25. The SMILES string of the molecule is O=C(Nc1nnc2ccccn12)N1Cc2ccccc2C1. The zero-order chi connectivity index (χ0) is 14.2. The molecule has 0 spiro atoms. The first-order valence-electron chi connectivity index (χ1n) is 6.74. The zero-order valence-corrected chi connectivity index (χ0v) is 11.2. The van der Waals surface area contributed by atoms with Gasteiger partial charge in [-0.15, -0.1) is 10.2 Å². The molecule has 0 bridgehead atoms. The lowest BCUT2D eigenvalue weighted by molar-refractivity contribution is 0.212. The highest BCUT2D eigenvalue weighted by Crippen LogP contribution is 2.22. The van der Waals surface area contributed by atoms with Crippen molar-refractivity contribution in [2.24, 2.45) is 0 Å². The quantitative estimate of drug-likeness (QED) is 0.743. The molecule has 0 aliphatic carbocycles. The van der Waals surface area contributed by atoms with Crippen molar-refractivity contribution in [3.8, 4) is 0 Å². The Morgan fingerprint density at radius 1 is 1.00 bits per heavy atom. The van der Waals surface area contributed by atoms with Crippen LogP contribution in [0, 0.1) is 0 Å². The minimum absolute atomic E-state index is 0.163. The van der Waals surface area contributed by atoms with E-state index in [0.29, 0.717) is 24.7 Å². The lowest BCUT2D eigenvalue weighted by Crippen LogP contribution is -2.30. The number of hydrogen-bond donors (Lipinski definition) is 1. The summed E-state index contributed by atoms with van der Waals surface area (Å²) in [6.07, 6.45) is 1.82. The number of fused-ring (bicyclic) bond motifs is 2. The Morgan fingerprint density at radius 3 is 2.48 bits per heavy atom. The Balaban J connectivity index is 1.55. The third-order valence-corrected chi connectivity index (χ3v) is 3.66. The summed E-state index contributed by atoms with van der Waals surface area (Å²) in [4.78, 5) is 14.1. The number of carbonyl (C=O) groups excluding carboxylic acids is 1. The fourth-order valence-corrected chi connectivity index (χ4v) is 2.58. The molecule has 0 saturated heterocycles. The van der Waals surface area contributed by atoms with Crippen LogP contribution in [0.1, 0.15) is 11.1 Å². The molecule has 1 aliphatic rings. The van der Waals surface area contributed by atoms with Crippen LogP contribution in [0.5, 0.6) is 0 Å². The molecule has 6 nitrogen and oxygen atoms in total. The maximum absolute atomic E-state index is 12.4. The van der Waals surface area contributed by atoms with Crippen molar-refractivity contribution in [3.05, 3.63) is 59.8 Å². The molecular formula is C15H13N5O. The minimum atomic E-state index is -0.163. The van der Waals surface area contributed by atoms with Crippen molar-refractivity contribution < 1.29 is 4.79 Å². The van der Waals surface area contributed by atoms with Gasteiger partial charge in [0.2, 0.25) is 5.95 Å². The molecule has 3 heterocycles. The average molecular weight is 279 g/mol. The van der Waals surface area contributed by atoms with Gasteiger partial charge in [-0.2, -0.15) is 0 Å². The van der Waals surface area contributed by atoms with Crippen molar-refractivity contribution >= 4 is 17.6 Å². The first kappa shape index (κ1) is 11.9. The van der Waals surface area contributed by atoms with Gasteiger partial charge < -0.3 is 4.90 Å². The summed E-state index contributed by atoms with van der Waals surface area (Å²) in [5, 5.41) is 10.8. The van der Waals surface area contributed by atoms with Gasteiger partial charge >= 0.3 is 6.03 Å². The maximum atomic E-state index is 12.4. The molecule has 0 unspecified atom stereocenters. The fourth-order valence-electron chi connectivity index (χ4n) is 2.58. The van der Waals surface area contributed by atoms with Crippen LogP contribution in [0.15, 0.2) is 48.7 Å². The molecule has 4 rings (SSSR count). The smallest absolute Gasteiger partial charge is 0.316 e. The molecule has 0 fully saturated rings. The number of benzene rings is 1. The second-order valence-corrected chi connectivity index (χ2v) is 5.01. The summed E-state index contributed by atoms with van der Waals surface area (Å²) >= 11 is 0. The molecule has 2 amide bonds. The van der Waals surface area contributed by atoms with Gasteiger partial charge in [0.1, 0.15) is 0 Å². The molecule has 6 heteroatoms. The summed E-state index contributed by atoms with van der Waals surface area (Å²) in [7, 11) is 0. The monoisotopic (exact) mass is 279 g/mol. The number of carbonyl (C=O) groups is 1. The summed E-state index contributed by atoms with van der Waals surface area (Å²) < 4.78 is 1.75. The van der Waals surface area contributed by atoms with Gasteiger partial charge in [-0.1, -0.05) is 30.3 Å². The Kier molecular flexibility index (Phi) is 2.60.